The quantitative estimate of drug-likeness (QED) is 0.788. The standard InChI is InChI=1S/C13H17N3O2S.ClH/c1-8(14)4-5-15-13(18)9-2-3-11-10(6-9)16-12(17)7-19-11;/h2-3,6,8H,4-5,7,14H2,1H3,(H,15,18)(H,16,17);1H. The molecule has 0 aromatic heterocycles. The topological polar surface area (TPSA) is 84.2 Å². The van der Waals surface area contributed by atoms with Gasteiger partial charge in [0.2, 0.25) is 5.91 Å². The van der Waals surface area contributed by atoms with Crippen molar-refractivity contribution in [3.63, 3.8) is 0 Å². The minimum absolute atomic E-state index is 0. The Morgan fingerprint density at radius 2 is 2.30 bits per heavy atom. The van der Waals surface area contributed by atoms with Gasteiger partial charge < -0.3 is 16.4 Å². The van der Waals surface area contributed by atoms with Gasteiger partial charge in [0.15, 0.2) is 0 Å². The lowest BCUT2D eigenvalue weighted by molar-refractivity contribution is -0.113. The number of halogens is 1. The molecule has 1 heterocycles. The molecule has 0 fully saturated rings. The Kier molecular flexibility index (Phi) is 6.32. The first-order valence-corrected chi connectivity index (χ1v) is 7.15. The van der Waals surface area contributed by atoms with Gasteiger partial charge in [-0.05, 0) is 31.5 Å². The van der Waals surface area contributed by atoms with Gasteiger partial charge in [0.1, 0.15) is 0 Å². The second kappa shape index (κ2) is 7.52. The summed E-state index contributed by atoms with van der Waals surface area (Å²) in [6, 6.07) is 5.41. The molecule has 0 saturated heterocycles. The fourth-order valence-electron chi connectivity index (χ4n) is 1.74. The van der Waals surface area contributed by atoms with Crippen molar-refractivity contribution in [2.24, 2.45) is 5.73 Å². The van der Waals surface area contributed by atoms with E-state index in [0.29, 0.717) is 23.5 Å². The van der Waals surface area contributed by atoms with E-state index >= 15 is 0 Å². The van der Waals surface area contributed by atoms with Crippen LogP contribution in [0.15, 0.2) is 23.1 Å². The zero-order valence-electron chi connectivity index (χ0n) is 11.1. The summed E-state index contributed by atoms with van der Waals surface area (Å²) in [6.45, 7) is 2.45. The summed E-state index contributed by atoms with van der Waals surface area (Å²) in [5, 5.41) is 5.58. The molecule has 1 aliphatic rings. The van der Waals surface area contributed by atoms with Gasteiger partial charge >= 0.3 is 0 Å². The van der Waals surface area contributed by atoms with Crippen molar-refractivity contribution in [1.29, 1.82) is 0 Å². The Hall–Kier alpha value is -1.24. The van der Waals surface area contributed by atoms with Crippen LogP contribution in [0, 0.1) is 0 Å². The van der Waals surface area contributed by atoms with Gasteiger partial charge in [0, 0.05) is 23.0 Å². The van der Waals surface area contributed by atoms with E-state index in [1.165, 1.54) is 11.8 Å². The maximum Gasteiger partial charge on any atom is 0.251 e. The number of carbonyl (C=O) groups excluding carboxylic acids is 2. The van der Waals surface area contributed by atoms with E-state index in [2.05, 4.69) is 10.6 Å². The maximum absolute atomic E-state index is 11.9. The average Bonchev–Trinajstić information content (AvgIpc) is 2.37. The summed E-state index contributed by atoms with van der Waals surface area (Å²) in [5.41, 5.74) is 6.88. The molecule has 1 unspecified atom stereocenters. The van der Waals surface area contributed by atoms with Crippen molar-refractivity contribution < 1.29 is 9.59 Å². The zero-order valence-corrected chi connectivity index (χ0v) is 12.8. The first-order valence-electron chi connectivity index (χ1n) is 6.17. The normalized spacial score (nSPS) is 14.6. The minimum atomic E-state index is -0.145. The lowest BCUT2D eigenvalue weighted by Crippen LogP contribution is -2.29. The Bertz CT molecular complexity index is 508. The van der Waals surface area contributed by atoms with Crippen molar-refractivity contribution in [3.05, 3.63) is 23.8 Å². The highest BCUT2D eigenvalue weighted by Crippen LogP contribution is 2.31. The molecule has 1 aromatic rings. The fourth-order valence-corrected chi connectivity index (χ4v) is 2.53. The molecular formula is C13H18ClN3O2S. The third-order valence-electron chi connectivity index (χ3n) is 2.76. The smallest absolute Gasteiger partial charge is 0.251 e. The summed E-state index contributed by atoms with van der Waals surface area (Å²) >= 11 is 1.48. The Morgan fingerprint density at radius 1 is 1.55 bits per heavy atom. The van der Waals surface area contributed by atoms with E-state index in [0.717, 1.165) is 11.3 Å². The van der Waals surface area contributed by atoms with Crippen LogP contribution in [-0.4, -0.2) is 30.2 Å². The third-order valence-corrected chi connectivity index (χ3v) is 3.83. The molecule has 0 saturated carbocycles. The third kappa shape index (κ3) is 4.40. The number of hydrogen-bond donors (Lipinski definition) is 3. The van der Waals surface area contributed by atoms with Crippen LogP contribution >= 0.6 is 24.2 Å². The van der Waals surface area contributed by atoms with Crippen molar-refractivity contribution in [1.82, 2.24) is 5.32 Å². The second-order valence-corrected chi connectivity index (χ2v) is 5.59. The van der Waals surface area contributed by atoms with Gasteiger partial charge in [-0.2, -0.15) is 0 Å². The van der Waals surface area contributed by atoms with Crippen molar-refractivity contribution in [3.8, 4) is 0 Å². The predicted octanol–water partition coefficient (Wildman–Crippen LogP) is 1.62. The molecule has 20 heavy (non-hydrogen) atoms. The molecule has 0 aliphatic carbocycles. The number of nitrogens with one attached hydrogen (secondary N) is 2. The fraction of sp³-hybridized carbons (Fsp3) is 0.385. The summed E-state index contributed by atoms with van der Waals surface area (Å²) in [6.07, 6.45) is 0.739. The number of hydrogen-bond acceptors (Lipinski definition) is 4. The number of benzene rings is 1. The molecule has 0 bridgehead atoms. The minimum Gasteiger partial charge on any atom is -0.352 e. The molecule has 2 amide bonds. The maximum atomic E-state index is 11.9. The van der Waals surface area contributed by atoms with Crippen LogP contribution in [0.3, 0.4) is 0 Å². The molecule has 7 heteroatoms. The molecule has 1 aromatic carbocycles. The number of carbonyl (C=O) groups is 2. The predicted molar refractivity (Wildman–Crippen MR) is 83.6 cm³/mol. The zero-order chi connectivity index (χ0) is 13.8. The number of fused-ring (bicyclic) bond motifs is 1. The Balaban J connectivity index is 0.00000200. The van der Waals surface area contributed by atoms with Crippen molar-refractivity contribution >= 4 is 41.7 Å². The van der Waals surface area contributed by atoms with Crippen LogP contribution in [0.2, 0.25) is 0 Å². The number of anilines is 1. The molecular weight excluding hydrogens is 298 g/mol. The SMILES string of the molecule is CC(N)CCNC(=O)c1ccc2c(c1)NC(=O)CS2.Cl. The second-order valence-electron chi connectivity index (χ2n) is 4.57. The Morgan fingerprint density at radius 3 is 3.00 bits per heavy atom. The van der Waals surface area contributed by atoms with E-state index in [1.807, 2.05) is 13.0 Å². The molecule has 1 atom stereocenters. The summed E-state index contributed by atoms with van der Waals surface area (Å²) in [4.78, 5) is 24.2. The largest absolute Gasteiger partial charge is 0.352 e. The van der Waals surface area contributed by atoms with E-state index in [4.69, 9.17) is 5.73 Å². The monoisotopic (exact) mass is 315 g/mol. The van der Waals surface area contributed by atoms with Gasteiger partial charge in [-0.25, -0.2) is 0 Å². The van der Waals surface area contributed by atoms with E-state index in [-0.39, 0.29) is 30.3 Å². The molecule has 0 radical (unpaired) electrons. The van der Waals surface area contributed by atoms with Crippen LogP contribution in [0.25, 0.3) is 0 Å². The molecule has 4 N–H and O–H groups in total. The van der Waals surface area contributed by atoms with Crippen molar-refractivity contribution in [2.45, 2.75) is 24.3 Å². The highest BCUT2D eigenvalue weighted by Gasteiger charge is 2.17. The van der Waals surface area contributed by atoms with Gasteiger partial charge in [-0.3, -0.25) is 9.59 Å². The molecule has 0 spiro atoms. The molecule has 5 nitrogen and oxygen atoms in total. The van der Waals surface area contributed by atoms with E-state index in [1.54, 1.807) is 12.1 Å². The van der Waals surface area contributed by atoms with Crippen LogP contribution in [-0.2, 0) is 4.79 Å². The lowest BCUT2D eigenvalue weighted by atomic mass is 10.1. The highest BCUT2D eigenvalue weighted by atomic mass is 35.5. The molecule has 2 rings (SSSR count). The number of thioether (sulfide) groups is 1. The summed E-state index contributed by atoms with van der Waals surface area (Å²) in [5.74, 6) is 0.243. The number of amides is 2. The van der Waals surface area contributed by atoms with E-state index < -0.39 is 0 Å². The van der Waals surface area contributed by atoms with Crippen LogP contribution < -0.4 is 16.4 Å². The van der Waals surface area contributed by atoms with E-state index in [9.17, 15) is 9.59 Å². The first kappa shape index (κ1) is 16.8. The van der Waals surface area contributed by atoms with Crippen LogP contribution in [0.1, 0.15) is 23.7 Å². The highest BCUT2D eigenvalue weighted by molar-refractivity contribution is 8.00. The average molecular weight is 316 g/mol. The number of nitrogens with two attached hydrogens (primary N) is 1. The van der Waals surface area contributed by atoms with Gasteiger partial charge in [0.25, 0.3) is 5.91 Å². The molecule has 1 aliphatic heterocycles. The van der Waals surface area contributed by atoms with Crippen LogP contribution in [0.5, 0.6) is 0 Å². The summed E-state index contributed by atoms with van der Waals surface area (Å²) < 4.78 is 0. The molecule has 110 valence electrons. The van der Waals surface area contributed by atoms with Crippen molar-refractivity contribution in [2.75, 3.05) is 17.6 Å². The van der Waals surface area contributed by atoms with Crippen LogP contribution in [0.4, 0.5) is 5.69 Å². The number of rotatable bonds is 4. The van der Waals surface area contributed by atoms with Gasteiger partial charge in [-0.15, -0.1) is 24.2 Å². The summed E-state index contributed by atoms with van der Waals surface area (Å²) in [7, 11) is 0. The van der Waals surface area contributed by atoms with Gasteiger partial charge in [-0.1, -0.05) is 0 Å². The first-order chi connectivity index (χ1) is 9.06. The van der Waals surface area contributed by atoms with Gasteiger partial charge in [0.05, 0.1) is 11.4 Å². The Labute approximate surface area is 128 Å². The lowest BCUT2D eigenvalue weighted by Gasteiger charge is -2.17.